The highest BCUT2D eigenvalue weighted by atomic mass is 19.4. The lowest BCUT2D eigenvalue weighted by Gasteiger charge is -2.13. The van der Waals surface area contributed by atoms with Crippen molar-refractivity contribution in [2.75, 3.05) is 23.0 Å². The predicted octanol–water partition coefficient (Wildman–Crippen LogP) is 5.13. The number of imide groups is 1. The summed E-state index contributed by atoms with van der Waals surface area (Å²) < 4.78 is 47.4. The monoisotopic (exact) mass is 539 g/mol. The number of benzene rings is 3. The minimum absolute atomic E-state index is 0.00257. The molecule has 0 spiro atoms. The molecule has 0 bridgehead atoms. The number of rotatable bonds is 9. The number of anilines is 3. The first-order valence-corrected chi connectivity index (χ1v) is 11.8. The molecular weight excluding hydrogens is 515 g/mol. The van der Waals surface area contributed by atoms with Gasteiger partial charge in [0.05, 0.1) is 23.4 Å². The Labute approximate surface area is 221 Å². The van der Waals surface area contributed by atoms with Crippen LogP contribution in [0.25, 0.3) is 6.08 Å². The first-order chi connectivity index (χ1) is 18.5. The maximum atomic E-state index is 13.0. The highest BCUT2D eigenvalue weighted by molar-refractivity contribution is 6.34. The zero-order chi connectivity index (χ0) is 28.2. The van der Waals surface area contributed by atoms with Gasteiger partial charge in [0.25, 0.3) is 11.8 Å². The average Bonchev–Trinajstić information content (AvgIpc) is 3.12. The third-order valence-electron chi connectivity index (χ3n) is 5.71. The van der Waals surface area contributed by atoms with Gasteiger partial charge in [-0.15, -0.1) is 0 Å². The van der Waals surface area contributed by atoms with Crippen molar-refractivity contribution in [1.82, 2.24) is 0 Å². The first-order valence-electron chi connectivity index (χ1n) is 11.8. The molecule has 0 fully saturated rings. The maximum absolute atomic E-state index is 13.0. The van der Waals surface area contributed by atoms with Crippen LogP contribution in [0.1, 0.15) is 44.7 Å². The summed E-state index contributed by atoms with van der Waals surface area (Å²) in [5.41, 5.74) is 14.2. The third kappa shape index (κ3) is 6.95. The van der Waals surface area contributed by atoms with Crippen molar-refractivity contribution in [2.45, 2.75) is 25.6 Å². The Morgan fingerprint density at radius 3 is 2.23 bits per heavy atom. The van der Waals surface area contributed by atoms with Crippen molar-refractivity contribution in [3.63, 3.8) is 0 Å². The predicted molar refractivity (Wildman–Crippen MR) is 139 cm³/mol. The van der Waals surface area contributed by atoms with E-state index in [1.807, 2.05) is 0 Å². The minimum Gasteiger partial charge on any atom is -0.494 e. The molecule has 202 valence electrons. The molecule has 0 saturated carbocycles. The number of alkyl halides is 3. The summed E-state index contributed by atoms with van der Waals surface area (Å²) in [4.78, 5) is 38.9. The van der Waals surface area contributed by atoms with Crippen LogP contribution < -0.4 is 21.1 Å². The number of ether oxygens (including phenoxy) is 2. The number of amides is 2. The van der Waals surface area contributed by atoms with E-state index in [9.17, 15) is 27.6 Å². The van der Waals surface area contributed by atoms with Gasteiger partial charge in [-0.2, -0.15) is 13.2 Å². The molecule has 8 nitrogen and oxygen atoms in total. The number of carbonyl (C=O) groups is 3. The van der Waals surface area contributed by atoms with Crippen LogP contribution in [-0.4, -0.2) is 30.6 Å². The molecule has 3 aromatic carbocycles. The molecular formula is C28H24F3N3O5. The number of fused-ring (bicyclic) bond motifs is 1. The Morgan fingerprint density at radius 2 is 1.56 bits per heavy atom. The molecule has 1 heterocycles. The van der Waals surface area contributed by atoms with Crippen molar-refractivity contribution in [3.05, 3.63) is 89.0 Å². The van der Waals surface area contributed by atoms with Crippen molar-refractivity contribution in [1.29, 1.82) is 0 Å². The van der Waals surface area contributed by atoms with Crippen LogP contribution in [0.2, 0.25) is 0 Å². The Balaban J connectivity index is 1.36. The lowest BCUT2D eigenvalue weighted by Crippen LogP contribution is -2.29. The van der Waals surface area contributed by atoms with Gasteiger partial charge in [-0.25, -0.2) is 9.69 Å². The Kier molecular flexibility index (Phi) is 7.89. The molecule has 0 aliphatic carbocycles. The number of nitrogens with zero attached hydrogens (tertiary/aromatic N) is 1. The second kappa shape index (κ2) is 11.3. The van der Waals surface area contributed by atoms with Gasteiger partial charge in [-0.1, -0.05) is 12.1 Å². The van der Waals surface area contributed by atoms with Crippen molar-refractivity contribution in [2.24, 2.45) is 0 Å². The Morgan fingerprint density at radius 1 is 0.897 bits per heavy atom. The number of nitrogens with two attached hydrogens (primary N) is 2. The Hall–Kier alpha value is -4.80. The average molecular weight is 540 g/mol. The standard InChI is InChI=1S/C28H24F3N3O5/c29-28(30,31)10-1-11-38-22-7-8-23-24(15-22)27(37)34(26(23)36)21-5-2-17(3-6-21)4-9-25(35)39-16-18-12-19(32)14-20(33)13-18/h2-9,12-15H,1,10-11,16,32-33H2. The maximum Gasteiger partial charge on any atom is 0.389 e. The quantitative estimate of drug-likeness (QED) is 0.127. The van der Waals surface area contributed by atoms with Gasteiger partial charge < -0.3 is 20.9 Å². The van der Waals surface area contributed by atoms with Crippen LogP contribution in [0, 0.1) is 0 Å². The van der Waals surface area contributed by atoms with E-state index in [4.69, 9.17) is 20.9 Å². The highest BCUT2D eigenvalue weighted by Crippen LogP contribution is 2.31. The number of nitrogen functional groups attached to an aromatic ring is 2. The van der Waals surface area contributed by atoms with Crippen LogP contribution in [-0.2, 0) is 16.1 Å². The van der Waals surface area contributed by atoms with Crippen LogP contribution in [0.3, 0.4) is 0 Å². The van der Waals surface area contributed by atoms with E-state index in [2.05, 4.69) is 0 Å². The summed E-state index contributed by atoms with van der Waals surface area (Å²) in [5, 5.41) is 0. The SMILES string of the molecule is Nc1cc(N)cc(COC(=O)C=Cc2ccc(N3C(=O)c4ccc(OCCCC(F)(F)F)cc4C3=O)cc2)c1. The summed E-state index contributed by atoms with van der Waals surface area (Å²) in [6.45, 7) is -0.181. The molecule has 3 aromatic rings. The molecule has 2 amide bonds. The normalized spacial score (nSPS) is 13.2. The summed E-state index contributed by atoms with van der Waals surface area (Å²) in [5.74, 6) is -1.50. The minimum atomic E-state index is -4.27. The van der Waals surface area contributed by atoms with E-state index in [1.165, 1.54) is 30.4 Å². The molecule has 0 radical (unpaired) electrons. The molecule has 39 heavy (non-hydrogen) atoms. The fraction of sp³-hybridized carbons (Fsp3) is 0.179. The van der Waals surface area contributed by atoms with Crippen molar-refractivity contribution in [3.8, 4) is 5.75 Å². The number of carbonyl (C=O) groups excluding carboxylic acids is 3. The van der Waals surface area contributed by atoms with Gasteiger partial charge in [0.2, 0.25) is 0 Å². The fourth-order valence-electron chi connectivity index (χ4n) is 3.94. The van der Waals surface area contributed by atoms with Crippen molar-refractivity contribution < 1.29 is 37.0 Å². The van der Waals surface area contributed by atoms with E-state index in [0.29, 0.717) is 28.2 Å². The second-order valence-electron chi connectivity index (χ2n) is 8.76. The van der Waals surface area contributed by atoms with Gasteiger partial charge in [-0.05, 0) is 72.2 Å². The van der Waals surface area contributed by atoms with Gasteiger partial charge in [0.1, 0.15) is 12.4 Å². The van der Waals surface area contributed by atoms with Crippen LogP contribution >= 0.6 is 0 Å². The molecule has 1 aliphatic rings. The third-order valence-corrected chi connectivity index (χ3v) is 5.71. The number of hydrogen-bond acceptors (Lipinski definition) is 7. The smallest absolute Gasteiger partial charge is 0.389 e. The van der Waals surface area contributed by atoms with E-state index < -0.39 is 30.4 Å². The first kappa shape index (κ1) is 27.2. The lowest BCUT2D eigenvalue weighted by atomic mass is 10.1. The van der Waals surface area contributed by atoms with E-state index in [-0.39, 0.29) is 36.5 Å². The zero-order valence-electron chi connectivity index (χ0n) is 20.5. The van der Waals surface area contributed by atoms with E-state index in [0.717, 1.165) is 4.90 Å². The molecule has 0 aromatic heterocycles. The molecule has 4 rings (SSSR count). The zero-order valence-corrected chi connectivity index (χ0v) is 20.5. The van der Waals surface area contributed by atoms with Gasteiger partial charge >= 0.3 is 12.1 Å². The molecule has 0 saturated heterocycles. The largest absolute Gasteiger partial charge is 0.494 e. The fourth-order valence-corrected chi connectivity index (χ4v) is 3.94. The van der Waals surface area contributed by atoms with Crippen LogP contribution in [0.4, 0.5) is 30.2 Å². The van der Waals surface area contributed by atoms with Crippen LogP contribution in [0.15, 0.2) is 66.7 Å². The number of halogens is 3. The van der Waals surface area contributed by atoms with Crippen LogP contribution in [0.5, 0.6) is 5.75 Å². The lowest BCUT2D eigenvalue weighted by molar-refractivity contribution is -0.139. The van der Waals surface area contributed by atoms with E-state index in [1.54, 1.807) is 42.5 Å². The molecule has 0 atom stereocenters. The summed E-state index contributed by atoms with van der Waals surface area (Å²) in [6.07, 6.45) is -2.72. The highest BCUT2D eigenvalue weighted by Gasteiger charge is 2.37. The Bertz CT molecular complexity index is 1420. The molecule has 0 unspecified atom stereocenters. The number of hydrogen-bond donors (Lipinski definition) is 2. The van der Waals surface area contributed by atoms with E-state index >= 15 is 0 Å². The van der Waals surface area contributed by atoms with Gasteiger partial charge in [0, 0.05) is 23.9 Å². The van der Waals surface area contributed by atoms with Crippen molar-refractivity contribution >= 4 is 40.9 Å². The topological polar surface area (TPSA) is 125 Å². The molecule has 4 N–H and O–H groups in total. The summed E-state index contributed by atoms with van der Waals surface area (Å²) in [7, 11) is 0. The second-order valence-corrected chi connectivity index (χ2v) is 8.76. The van der Waals surface area contributed by atoms with Gasteiger partial charge in [-0.3, -0.25) is 9.59 Å². The summed E-state index contributed by atoms with van der Waals surface area (Å²) in [6, 6.07) is 15.4. The summed E-state index contributed by atoms with van der Waals surface area (Å²) >= 11 is 0. The molecule has 1 aliphatic heterocycles. The molecule has 11 heteroatoms. The van der Waals surface area contributed by atoms with Gasteiger partial charge in [0.15, 0.2) is 0 Å². The number of esters is 1.